The second kappa shape index (κ2) is 14.9. The number of unbranched alkanes of at least 4 members (excludes halogenated alkanes) is 1. The van der Waals surface area contributed by atoms with E-state index in [4.69, 9.17) is 9.72 Å². The number of H-pyrrole nitrogens is 1. The first kappa shape index (κ1) is 30.4. The summed E-state index contributed by atoms with van der Waals surface area (Å²) in [4.78, 5) is 26.0. The van der Waals surface area contributed by atoms with E-state index in [-0.39, 0.29) is 12.6 Å². The first-order valence-electron chi connectivity index (χ1n) is 15.6. The molecule has 3 heterocycles. The Morgan fingerprint density at radius 3 is 2.51 bits per heavy atom. The van der Waals surface area contributed by atoms with Crippen molar-refractivity contribution in [1.82, 2.24) is 20.2 Å². The summed E-state index contributed by atoms with van der Waals surface area (Å²) in [6.07, 6.45) is 5.54. The lowest BCUT2D eigenvalue weighted by molar-refractivity contribution is 0.135. The Morgan fingerprint density at radius 2 is 1.76 bits per heavy atom. The molecule has 1 unspecified atom stereocenters. The Bertz CT molecular complexity index is 1720. The van der Waals surface area contributed by atoms with Crippen molar-refractivity contribution >= 4 is 33.5 Å². The van der Waals surface area contributed by atoms with Crippen LogP contribution in [0.1, 0.15) is 46.8 Å². The predicted molar refractivity (Wildman–Crippen MR) is 179 cm³/mol. The molecule has 0 radical (unpaired) electrons. The molecule has 9 heteroatoms. The maximum absolute atomic E-state index is 12.8. The van der Waals surface area contributed by atoms with E-state index in [9.17, 15) is 10.1 Å². The molecular formula is C36H38N6O2S. The van der Waals surface area contributed by atoms with Crippen molar-refractivity contribution in [3.63, 3.8) is 0 Å². The lowest BCUT2D eigenvalue weighted by Gasteiger charge is -2.34. The number of benzene rings is 3. The molecule has 3 aromatic carbocycles. The van der Waals surface area contributed by atoms with Crippen LogP contribution < -0.4 is 10.2 Å². The number of alkyl carbamates (subject to hydrolysis) is 1. The molecule has 5 aromatic rings. The zero-order valence-electron chi connectivity index (χ0n) is 25.3. The van der Waals surface area contributed by atoms with Crippen LogP contribution in [0, 0.1) is 11.3 Å². The summed E-state index contributed by atoms with van der Waals surface area (Å²) in [6, 6.07) is 27.7. The fraction of sp³-hybridized carbons (Fsp3) is 0.306. The lowest BCUT2D eigenvalue weighted by atomic mass is 10.0. The number of nitrogens with one attached hydrogen (secondary N) is 2. The number of aromatic amines is 1. The van der Waals surface area contributed by atoms with Gasteiger partial charge in [0.25, 0.3) is 0 Å². The van der Waals surface area contributed by atoms with Gasteiger partial charge in [0.1, 0.15) is 6.61 Å². The number of nitrogens with zero attached hydrogens (tertiary/aromatic N) is 4. The number of carbonyl (C=O) groups is 1. The zero-order valence-corrected chi connectivity index (χ0v) is 26.1. The molecule has 0 aliphatic carbocycles. The Morgan fingerprint density at radius 1 is 1.00 bits per heavy atom. The third kappa shape index (κ3) is 8.09. The predicted octanol–water partition coefficient (Wildman–Crippen LogP) is 6.85. The van der Waals surface area contributed by atoms with Crippen LogP contribution in [0.15, 0.2) is 90.4 Å². The smallest absolute Gasteiger partial charge is 0.408 e. The quantitative estimate of drug-likeness (QED) is 0.149. The molecule has 6 rings (SSSR count). The number of fused-ring (bicyclic) bond motifs is 1. The van der Waals surface area contributed by atoms with E-state index >= 15 is 0 Å². The monoisotopic (exact) mass is 618 g/mol. The summed E-state index contributed by atoms with van der Waals surface area (Å²) < 4.78 is 5.54. The van der Waals surface area contributed by atoms with Gasteiger partial charge in [-0.25, -0.2) is 9.78 Å². The van der Waals surface area contributed by atoms with Crippen molar-refractivity contribution in [1.29, 1.82) is 5.26 Å². The molecule has 0 bridgehead atoms. The normalized spacial score (nSPS) is 14.2. The minimum atomic E-state index is -0.445. The Labute approximate surface area is 268 Å². The Hall–Kier alpha value is -4.65. The van der Waals surface area contributed by atoms with E-state index < -0.39 is 6.09 Å². The number of piperazine rings is 1. The van der Waals surface area contributed by atoms with Crippen LogP contribution in [0.4, 0.5) is 9.93 Å². The molecule has 0 spiro atoms. The number of aryl methyl sites for hydroxylation is 1. The van der Waals surface area contributed by atoms with Gasteiger partial charge in [0.15, 0.2) is 5.13 Å². The van der Waals surface area contributed by atoms with Crippen molar-refractivity contribution in [2.24, 2.45) is 0 Å². The van der Waals surface area contributed by atoms with Crippen LogP contribution >= 0.6 is 11.3 Å². The van der Waals surface area contributed by atoms with Gasteiger partial charge in [0.05, 0.1) is 23.4 Å². The van der Waals surface area contributed by atoms with Gasteiger partial charge in [-0.15, -0.1) is 11.3 Å². The topological polar surface area (TPSA) is 97.3 Å². The number of hydrogen-bond acceptors (Lipinski definition) is 7. The first-order chi connectivity index (χ1) is 22.1. The van der Waals surface area contributed by atoms with Crippen LogP contribution in [-0.4, -0.2) is 53.7 Å². The van der Waals surface area contributed by atoms with Crippen molar-refractivity contribution in [3.8, 4) is 6.07 Å². The van der Waals surface area contributed by atoms with Crippen LogP contribution in [0.5, 0.6) is 0 Å². The molecule has 1 atom stereocenters. The van der Waals surface area contributed by atoms with Gasteiger partial charge in [-0.2, -0.15) is 5.26 Å². The molecule has 1 saturated heterocycles. The largest absolute Gasteiger partial charge is 0.445 e. The number of aromatic nitrogens is 2. The second-order valence-corrected chi connectivity index (χ2v) is 12.3. The highest BCUT2D eigenvalue weighted by molar-refractivity contribution is 7.13. The average molecular weight is 619 g/mol. The van der Waals surface area contributed by atoms with Crippen molar-refractivity contribution in [3.05, 3.63) is 118 Å². The van der Waals surface area contributed by atoms with Crippen molar-refractivity contribution in [2.45, 2.75) is 38.3 Å². The van der Waals surface area contributed by atoms with E-state index in [0.717, 1.165) is 84.8 Å². The number of anilines is 1. The van der Waals surface area contributed by atoms with Gasteiger partial charge in [0.2, 0.25) is 0 Å². The zero-order chi connectivity index (χ0) is 30.8. The number of nitriles is 1. The van der Waals surface area contributed by atoms with E-state index in [1.807, 2.05) is 66.7 Å². The first-order valence-corrected chi connectivity index (χ1v) is 16.5. The van der Waals surface area contributed by atoms with Gasteiger partial charge in [0, 0.05) is 48.7 Å². The maximum atomic E-state index is 12.8. The maximum Gasteiger partial charge on any atom is 0.408 e. The summed E-state index contributed by atoms with van der Waals surface area (Å²) in [6.45, 7) is 5.18. The lowest BCUT2D eigenvalue weighted by Crippen LogP contribution is -2.46. The minimum Gasteiger partial charge on any atom is -0.445 e. The summed E-state index contributed by atoms with van der Waals surface area (Å²) in [7, 11) is 0. The number of hydrogen-bond donors (Lipinski definition) is 2. The van der Waals surface area contributed by atoms with Crippen molar-refractivity contribution < 1.29 is 9.53 Å². The molecule has 8 nitrogen and oxygen atoms in total. The molecule has 1 fully saturated rings. The van der Waals surface area contributed by atoms with Gasteiger partial charge < -0.3 is 19.9 Å². The highest BCUT2D eigenvalue weighted by Gasteiger charge is 2.23. The van der Waals surface area contributed by atoms with Gasteiger partial charge in [-0.3, -0.25) is 4.90 Å². The standard InChI is InChI=1S/C36H38N6O2S/c37-23-29-14-15-32-31(21-29)30(24-38-32)13-7-8-16-41-17-19-42(20-18-41)35-39-34(26-45-35)33(22-27-9-3-1-4-10-27)40-36(43)44-25-28-11-5-2-6-12-28/h1-6,9-12,14-15,21,24,26,33,38H,7-8,13,16-20,22,25H2,(H,40,43). The minimum absolute atomic E-state index is 0.226. The SMILES string of the molecule is N#Cc1ccc2[nH]cc(CCCCN3CCN(c4nc(C(Cc5ccccc5)NC(=O)OCc5ccccc5)cs4)CC3)c2c1. The second-order valence-electron chi connectivity index (χ2n) is 11.5. The molecular weight excluding hydrogens is 581 g/mol. The molecule has 230 valence electrons. The summed E-state index contributed by atoms with van der Waals surface area (Å²) in [5, 5.41) is 16.5. The molecule has 45 heavy (non-hydrogen) atoms. The molecule has 1 aliphatic heterocycles. The summed E-state index contributed by atoms with van der Waals surface area (Å²) in [5.74, 6) is 0. The van der Waals surface area contributed by atoms with E-state index in [1.54, 1.807) is 11.3 Å². The number of thiazole rings is 1. The molecule has 2 N–H and O–H groups in total. The van der Waals surface area contributed by atoms with Crippen molar-refractivity contribution in [2.75, 3.05) is 37.6 Å². The fourth-order valence-electron chi connectivity index (χ4n) is 5.84. The third-order valence-electron chi connectivity index (χ3n) is 8.36. The summed E-state index contributed by atoms with van der Waals surface area (Å²) in [5.41, 5.74) is 6.03. The average Bonchev–Trinajstić information content (AvgIpc) is 3.74. The molecule has 1 amide bonds. The van der Waals surface area contributed by atoms with Gasteiger partial charge >= 0.3 is 6.09 Å². The van der Waals surface area contributed by atoms with Gasteiger partial charge in [-0.05, 0) is 67.1 Å². The fourth-order valence-corrected chi connectivity index (χ4v) is 6.77. The van der Waals surface area contributed by atoms with Gasteiger partial charge in [-0.1, -0.05) is 60.7 Å². The molecule has 2 aromatic heterocycles. The number of rotatable bonds is 12. The number of carbonyl (C=O) groups excluding carboxylic acids is 1. The van der Waals surface area contributed by atoms with E-state index in [2.05, 4.69) is 49.9 Å². The van der Waals surface area contributed by atoms with Crippen LogP contribution in [0.2, 0.25) is 0 Å². The van der Waals surface area contributed by atoms with E-state index in [0.29, 0.717) is 12.0 Å². The Kier molecular flexibility index (Phi) is 10.1. The molecule has 0 saturated carbocycles. The Balaban J connectivity index is 0.994. The molecule has 1 aliphatic rings. The summed E-state index contributed by atoms with van der Waals surface area (Å²) >= 11 is 1.64. The van der Waals surface area contributed by atoms with Crippen LogP contribution in [0.3, 0.4) is 0 Å². The highest BCUT2D eigenvalue weighted by Crippen LogP contribution is 2.28. The third-order valence-corrected chi connectivity index (χ3v) is 9.28. The highest BCUT2D eigenvalue weighted by atomic mass is 32.1. The van der Waals surface area contributed by atoms with E-state index in [1.165, 1.54) is 5.56 Å². The van der Waals surface area contributed by atoms with Crippen LogP contribution in [0.25, 0.3) is 10.9 Å². The number of amides is 1. The number of ether oxygens (including phenoxy) is 1. The van der Waals surface area contributed by atoms with Crippen LogP contribution in [-0.2, 0) is 24.2 Å².